The van der Waals surface area contributed by atoms with Crippen LogP contribution in [0.2, 0.25) is 5.02 Å². The van der Waals surface area contributed by atoms with Crippen molar-refractivity contribution in [3.63, 3.8) is 0 Å². The number of nitrogens with two attached hydrogens (primary N) is 1. The Morgan fingerprint density at radius 2 is 1.86 bits per heavy atom. The van der Waals surface area contributed by atoms with E-state index in [9.17, 15) is 8.42 Å². The van der Waals surface area contributed by atoms with Gasteiger partial charge in [0.1, 0.15) is 0 Å². The van der Waals surface area contributed by atoms with E-state index in [1.807, 2.05) is 18.2 Å². The zero-order valence-corrected chi connectivity index (χ0v) is 19.4. The van der Waals surface area contributed by atoms with Gasteiger partial charge in [-0.3, -0.25) is 4.99 Å². The quantitative estimate of drug-likeness (QED) is 0.302. The third kappa shape index (κ3) is 5.82. The monoisotopic (exact) mass is 534 g/mol. The van der Waals surface area contributed by atoms with Crippen molar-refractivity contribution in [3.8, 4) is 0 Å². The van der Waals surface area contributed by atoms with Gasteiger partial charge in [-0.1, -0.05) is 35.9 Å². The number of sulfonamides is 1. The number of rotatable bonds is 6. The molecule has 0 aliphatic heterocycles. The smallest absolute Gasteiger partial charge is 0.238 e. The van der Waals surface area contributed by atoms with E-state index in [2.05, 4.69) is 21.7 Å². The van der Waals surface area contributed by atoms with E-state index in [0.29, 0.717) is 12.5 Å². The van der Waals surface area contributed by atoms with Crippen LogP contribution in [-0.2, 0) is 22.0 Å². The first-order valence-corrected chi connectivity index (χ1v) is 10.6. The highest BCUT2D eigenvalue weighted by molar-refractivity contribution is 14.0. The fraction of sp³-hybridized carbons (Fsp3) is 0.316. The number of aliphatic imine (C=N–C) groups is 1. The van der Waals surface area contributed by atoms with E-state index in [-0.39, 0.29) is 34.3 Å². The minimum Gasteiger partial charge on any atom is -0.356 e. The lowest BCUT2D eigenvalue weighted by molar-refractivity contribution is 0.597. The second kappa shape index (κ2) is 9.43. The van der Waals surface area contributed by atoms with E-state index in [1.165, 1.54) is 17.7 Å². The topological polar surface area (TPSA) is 96.6 Å². The largest absolute Gasteiger partial charge is 0.356 e. The van der Waals surface area contributed by atoms with Crippen LogP contribution < -0.4 is 15.8 Å². The first-order chi connectivity index (χ1) is 12.8. The molecule has 1 fully saturated rings. The summed E-state index contributed by atoms with van der Waals surface area (Å²) in [4.78, 5) is 4.36. The van der Waals surface area contributed by atoms with E-state index in [0.717, 1.165) is 30.0 Å². The van der Waals surface area contributed by atoms with Gasteiger partial charge in [0.25, 0.3) is 0 Å². The Kier molecular flexibility index (Phi) is 7.72. The van der Waals surface area contributed by atoms with Gasteiger partial charge < -0.3 is 10.6 Å². The SMILES string of the molecule is CN=C(NCc1ccc(S(N)(=O)=O)cc1)NCC1(c2cccc(Cl)c2)CC1.I. The molecular weight excluding hydrogens is 511 g/mol. The van der Waals surface area contributed by atoms with Crippen LogP contribution >= 0.6 is 35.6 Å². The van der Waals surface area contributed by atoms with Crippen LogP contribution in [0.4, 0.5) is 0 Å². The van der Waals surface area contributed by atoms with Crippen LogP contribution in [0, 0.1) is 0 Å². The molecule has 28 heavy (non-hydrogen) atoms. The van der Waals surface area contributed by atoms with E-state index in [1.54, 1.807) is 19.2 Å². The molecule has 3 rings (SSSR count). The molecule has 0 aromatic heterocycles. The Bertz CT molecular complexity index is 945. The predicted octanol–water partition coefficient (Wildman–Crippen LogP) is 3.00. The summed E-state index contributed by atoms with van der Waals surface area (Å²) in [5.41, 5.74) is 2.29. The van der Waals surface area contributed by atoms with Crippen LogP contribution in [-0.4, -0.2) is 28.0 Å². The first kappa shape index (κ1) is 22.9. The summed E-state index contributed by atoms with van der Waals surface area (Å²) in [6.07, 6.45) is 2.23. The summed E-state index contributed by atoms with van der Waals surface area (Å²) in [5.74, 6) is 0.693. The lowest BCUT2D eigenvalue weighted by Crippen LogP contribution is -2.40. The van der Waals surface area contributed by atoms with Gasteiger partial charge in [-0.2, -0.15) is 0 Å². The lowest BCUT2D eigenvalue weighted by Gasteiger charge is -2.19. The number of hydrogen-bond acceptors (Lipinski definition) is 3. The van der Waals surface area contributed by atoms with Crippen molar-refractivity contribution in [1.82, 2.24) is 10.6 Å². The van der Waals surface area contributed by atoms with E-state index < -0.39 is 10.0 Å². The van der Waals surface area contributed by atoms with Gasteiger partial charge >= 0.3 is 0 Å². The average molecular weight is 535 g/mol. The van der Waals surface area contributed by atoms with Gasteiger partial charge in [-0.25, -0.2) is 13.6 Å². The number of benzene rings is 2. The molecule has 0 amide bonds. The standard InChI is InChI=1S/C19H23ClN4O2S.HI/c1-22-18(23-12-14-5-7-17(8-6-14)27(21,25)26)24-13-19(9-10-19)15-3-2-4-16(20)11-15;/h2-8,11H,9-10,12-13H2,1H3,(H2,21,25,26)(H2,22,23,24);1H. The zero-order chi connectivity index (χ0) is 19.5. The number of primary sulfonamides is 1. The number of hydrogen-bond donors (Lipinski definition) is 3. The van der Waals surface area contributed by atoms with E-state index in [4.69, 9.17) is 16.7 Å². The molecule has 4 N–H and O–H groups in total. The molecule has 1 aliphatic rings. The summed E-state index contributed by atoms with van der Waals surface area (Å²) in [6, 6.07) is 14.5. The van der Waals surface area contributed by atoms with Crippen LogP contribution in [0.15, 0.2) is 58.4 Å². The van der Waals surface area contributed by atoms with Crippen molar-refractivity contribution < 1.29 is 8.42 Å². The highest BCUT2D eigenvalue weighted by atomic mass is 127. The van der Waals surface area contributed by atoms with Gasteiger partial charge in [-0.05, 0) is 48.2 Å². The van der Waals surface area contributed by atoms with Crippen molar-refractivity contribution in [3.05, 3.63) is 64.7 Å². The fourth-order valence-electron chi connectivity index (χ4n) is 2.99. The van der Waals surface area contributed by atoms with Crippen molar-refractivity contribution in [2.45, 2.75) is 29.7 Å². The van der Waals surface area contributed by atoms with Gasteiger partial charge in [0.15, 0.2) is 5.96 Å². The molecule has 1 saturated carbocycles. The zero-order valence-electron chi connectivity index (χ0n) is 15.5. The van der Waals surface area contributed by atoms with Gasteiger partial charge in [0.2, 0.25) is 10.0 Å². The van der Waals surface area contributed by atoms with Crippen LogP contribution in [0.1, 0.15) is 24.0 Å². The molecule has 0 bridgehead atoms. The third-order valence-corrected chi connectivity index (χ3v) is 5.98. The van der Waals surface area contributed by atoms with Crippen molar-refractivity contribution in [1.29, 1.82) is 0 Å². The molecule has 9 heteroatoms. The summed E-state index contributed by atoms with van der Waals surface area (Å²) in [7, 11) is -1.95. The Labute approximate surface area is 188 Å². The minimum absolute atomic E-state index is 0. The van der Waals surface area contributed by atoms with Crippen LogP contribution in [0.5, 0.6) is 0 Å². The highest BCUT2D eigenvalue weighted by Crippen LogP contribution is 2.48. The molecule has 2 aromatic carbocycles. The molecule has 0 radical (unpaired) electrons. The first-order valence-electron chi connectivity index (χ1n) is 8.65. The van der Waals surface area contributed by atoms with Gasteiger partial charge in [0.05, 0.1) is 4.90 Å². The van der Waals surface area contributed by atoms with Crippen LogP contribution in [0.25, 0.3) is 0 Å². The van der Waals surface area contributed by atoms with Crippen molar-refractivity contribution in [2.75, 3.05) is 13.6 Å². The molecule has 0 spiro atoms. The number of guanidine groups is 1. The lowest BCUT2D eigenvalue weighted by atomic mass is 9.96. The summed E-state index contributed by atoms with van der Waals surface area (Å²) in [5, 5.41) is 12.5. The molecule has 6 nitrogen and oxygen atoms in total. The molecule has 152 valence electrons. The van der Waals surface area contributed by atoms with Crippen LogP contribution in [0.3, 0.4) is 0 Å². The molecule has 1 aliphatic carbocycles. The molecule has 0 saturated heterocycles. The Hall–Kier alpha value is -1.36. The highest BCUT2D eigenvalue weighted by Gasteiger charge is 2.44. The molecule has 0 atom stereocenters. The van der Waals surface area contributed by atoms with Crippen molar-refractivity contribution >= 4 is 51.6 Å². The normalized spacial score (nSPS) is 15.5. The van der Waals surface area contributed by atoms with Crippen molar-refractivity contribution in [2.24, 2.45) is 10.1 Å². The second-order valence-corrected chi connectivity index (χ2v) is 8.76. The second-order valence-electron chi connectivity index (χ2n) is 6.76. The van der Waals surface area contributed by atoms with E-state index >= 15 is 0 Å². The van der Waals surface area contributed by atoms with Gasteiger partial charge in [-0.15, -0.1) is 24.0 Å². The number of halogens is 2. The predicted molar refractivity (Wildman–Crippen MR) is 124 cm³/mol. The Balaban J connectivity index is 0.00000280. The van der Waals surface area contributed by atoms with Gasteiger partial charge in [0, 0.05) is 30.6 Å². The molecule has 0 heterocycles. The number of nitrogens with zero attached hydrogens (tertiary/aromatic N) is 1. The maximum atomic E-state index is 11.3. The number of nitrogens with one attached hydrogen (secondary N) is 2. The molecule has 0 unspecified atom stereocenters. The fourth-order valence-corrected chi connectivity index (χ4v) is 3.70. The summed E-state index contributed by atoms with van der Waals surface area (Å²) >= 11 is 6.12. The minimum atomic E-state index is -3.67. The molecule has 2 aromatic rings. The maximum absolute atomic E-state index is 11.3. The Morgan fingerprint density at radius 3 is 2.39 bits per heavy atom. The molecular formula is C19H24ClIN4O2S. The Morgan fingerprint density at radius 1 is 1.18 bits per heavy atom. The maximum Gasteiger partial charge on any atom is 0.238 e. The third-order valence-electron chi connectivity index (χ3n) is 4.82. The average Bonchev–Trinajstić information content (AvgIpc) is 3.43. The summed E-state index contributed by atoms with van der Waals surface area (Å²) in [6.45, 7) is 1.30. The summed E-state index contributed by atoms with van der Waals surface area (Å²) < 4.78 is 22.6.